The van der Waals surface area contributed by atoms with E-state index < -0.39 is 33.7 Å². The summed E-state index contributed by atoms with van der Waals surface area (Å²) in [5, 5.41) is 10.4. The minimum atomic E-state index is -4.33. The maximum Gasteiger partial charge on any atom is 0.335 e. The second-order valence-corrected chi connectivity index (χ2v) is 13.1. The monoisotopic (exact) mass is 673 g/mol. The van der Waals surface area contributed by atoms with Gasteiger partial charge in [0.1, 0.15) is 12.4 Å². The van der Waals surface area contributed by atoms with Crippen LogP contribution in [0.1, 0.15) is 38.5 Å². The van der Waals surface area contributed by atoms with Gasteiger partial charge in [0, 0.05) is 32.6 Å². The fourth-order valence-corrected chi connectivity index (χ4v) is 7.20. The highest BCUT2D eigenvalue weighted by atomic mass is 35.5. The fourth-order valence-electron chi connectivity index (χ4n) is 5.39. The summed E-state index contributed by atoms with van der Waals surface area (Å²) in [6.45, 7) is 0.132. The minimum Gasteiger partial charge on any atom is -0.489 e. The summed E-state index contributed by atoms with van der Waals surface area (Å²) >= 11 is 19.3. The van der Waals surface area contributed by atoms with E-state index in [-0.39, 0.29) is 30.3 Å². The number of nitrogens with one attached hydrogen (secondary N) is 1. The van der Waals surface area contributed by atoms with Gasteiger partial charge >= 0.3 is 5.97 Å². The molecule has 1 aliphatic carbocycles. The van der Waals surface area contributed by atoms with Gasteiger partial charge in [-0.1, -0.05) is 46.9 Å². The Labute approximate surface area is 267 Å². The van der Waals surface area contributed by atoms with Crippen molar-refractivity contribution in [1.29, 1.82) is 0 Å². The van der Waals surface area contributed by atoms with Gasteiger partial charge in [-0.25, -0.2) is 17.9 Å². The Balaban J connectivity index is 1.32. The summed E-state index contributed by atoms with van der Waals surface area (Å²) in [5.41, 5.74) is 2.62. The summed E-state index contributed by atoms with van der Waals surface area (Å²) in [6, 6.07) is 18.4. The Morgan fingerprint density at radius 2 is 1.57 bits per heavy atom. The highest BCUT2D eigenvalue weighted by Crippen LogP contribution is 2.49. The van der Waals surface area contributed by atoms with E-state index in [2.05, 4.69) is 4.72 Å². The topological polar surface area (TPSA) is 128 Å². The van der Waals surface area contributed by atoms with Crippen molar-refractivity contribution >= 4 is 56.7 Å². The number of amides is 1. The van der Waals surface area contributed by atoms with Crippen molar-refractivity contribution in [2.24, 2.45) is 5.92 Å². The molecule has 2 atom stereocenters. The molecule has 0 aromatic heterocycles. The zero-order valence-electron chi connectivity index (χ0n) is 22.6. The predicted molar refractivity (Wildman–Crippen MR) is 163 cm³/mol. The van der Waals surface area contributed by atoms with E-state index in [1.54, 1.807) is 42.5 Å². The number of carbonyl (C=O) groups excluding carboxylic acids is 1. The zero-order valence-corrected chi connectivity index (χ0v) is 25.6. The Morgan fingerprint density at radius 1 is 0.886 bits per heavy atom. The second-order valence-electron chi connectivity index (χ2n) is 10.2. The SMILES string of the molecule is O=C(O)c1ccc(S(=O)(=O)NC(=O)C2Cc3cc(OCc4c(Cl)cccc4Cl)ccc3C2c2cc3c(cc2Cl)OCO3)cc1. The number of sulfonamides is 1. The minimum absolute atomic E-state index is 0.0232. The van der Waals surface area contributed by atoms with E-state index >= 15 is 0 Å². The van der Waals surface area contributed by atoms with Gasteiger partial charge in [0.15, 0.2) is 11.5 Å². The second kappa shape index (κ2) is 11.9. The average Bonchev–Trinajstić information content (AvgIpc) is 3.60. The number of benzene rings is 4. The van der Waals surface area contributed by atoms with E-state index in [0.29, 0.717) is 43.4 Å². The third kappa shape index (κ3) is 5.78. The van der Waals surface area contributed by atoms with Crippen molar-refractivity contribution < 1.29 is 37.3 Å². The number of carboxylic acid groups (broad SMARTS) is 1. The summed E-state index contributed by atoms with van der Waals surface area (Å²) in [5.74, 6) is -2.06. The van der Waals surface area contributed by atoms with Crippen molar-refractivity contribution in [3.8, 4) is 17.2 Å². The summed E-state index contributed by atoms with van der Waals surface area (Å²) < 4.78 is 45.5. The normalized spacial score (nSPS) is 16.8. The Hall–Kier alpha value is -3.96. The molecule has 9 nitrogen and oxygen atoms in total. The average molecular weight is 675 g/mol. The molecular formula is C31H22Cl3NO8S. The third-order valence-electron chi connectivity index (χ3n) is 7.55. The van der Waals surface area contributed by atoms with Crippen LogP contribution < -0.4 is 18.9 Å². The molecule has 2 N–H and O–H groups in total. The molecule has 0 bridgehead atoms. The van der Waals surface area contributed by atoms with Gasteiger partial charge in [-0.15, -0.1) is 0 Å². The molecule has 0 radical (unpaired) electrons. The van der Waals surface area contributed by atoms with Crippen LogP contribution in [-0.2, 0) is 27.8 Å². The number of fused-ring (bicyclic) bond motifs is 2. The van der Waals surface area contributed by atoms with Crippen LogP contribution in [-0.4, -0.2) is 32.2 Å². The molecule has 1 amide bonds. The third-order valence-corrected chi connectivity index (χ3v) is 9.95. The number of hydrogen-bond acceptors (Lipinski definition) is 7. The molecule has 0 spiro atoms. The van der Waals surface area contributed by atoms with Crippen molar-refractivity contribution in [3.63, 3.8) is 0 Å². The number of carboxylic acids is 1. The van der Waals surface area contributed by atoms with Gasteiger partial charge in [-0.05, 0) is 77.7 Å². The van der Waals surface area contributed by atoms with Crippen molar-refractivity contribution in [2.45, 2.75) is 23.8 Å². The molecule has 0 saturated heterocycles. The largest absolute Gasteiger partial charge is 0.489 e. The summed E-state index contributed by atoms with van der Waals surface area (Å²) in [7, 11) is -4.33. The maximum absolute atomic E-state index is 13.7. The van der Waals surface area contributed by atoms with Gasteiger partial charge in [0.25, 0.3) is 10.0 Å². The van der Waals surface area contributed by atoms with Crippen LogP contribution >= 0.6 is 34.8 Å². The van der Waals surface area contributed by atoms with Gasteiger partial charge in [0.05, 0.1) is 16.4 Å². The molecule has 2 aliphatic rings. The molecule has 6 rings (SSSR count). The lowest BCUT2D eigenvalue weighted by atomic mass is 9.85. The number of rotatable bonds is 8. The highest BCUT2D eigenvalue weighted by Gasteiger charge is 2.41. The molecule has 1 heterocycles. The van der Waals surface area contributed by atoms with Crippen LogP contribution in [0.5, 0.6) is 17.2 Å². The molecule has 1 aliphatic heterocycles. The van der Waals surface area contributed by atoms with Crippen LogP contribution in [0, 0.1) is 5.92 Å². The van der Waals surface area contributed by atoms with E-state index in [0.717, 1.165) is 35.4 Å². The van der Waals surface area contributed by atoms with Crippen LogP contribution in [0.4, 0.5) is 0 Å². The molecule has 226 valence electrons. The number of carbonyl (C=O) groups is 2. The molecule has 4 aromatic carbocycles. The molecule has 0 saturated carbocycles. The number of ether oxygens (including phenoxy) is 3. The van der Waals surface area contributed by atoms with Crippen molar-refractivity contribution in [3.05, 3.63) is 116 Å². The van der Waals surface area contributed by atoms with E-state index in [1.807, 2.05) is 6.07 Å². The van der Waals surface area contributed by atoms with Gasteiger partial charge < -0.3 is 19.3 Å². The summed E-state index contributed by atoms with van der Waals surface area (Å²) in [6.07, 6.45) is 0.175. The van der Waals surface area contributed by atoms with Gasteiger partial charge in [0.2, 0.25) is 12.7 Å². The first-order valence-corrected chi connectivity index (χ1v) is 15.8. The standard InChI is InChI=1S/C31H22Cl3NO8S/c32-24-2-1-3-25(33)23(24)14-41-18-6-9-20-17(10-18)11-22(29(20)21-12-27-28(13-26(21)34)43-15-42-27)30(36)35-44(39,40)19-7-4-16(5-8-19)31(37)38/h1-10,12-13,22,29H,11,14-15H2,(H,35,36)(H,37,38). The first-order valence-electron chi connectivity index (χ1n) is 13.2. The van der Waals surface area contributed by atoms with E-state index in [1.165, 1.54) is 0 Å². The zero-order chi connectivity index (χ0) is 31.2. The fraction of sp³-hybridized carbons (Fsp3) is 0.161. The lowest BCUT2D eigenvalue weighted by Crippen LogP contribution is -2.37. The predicted octanol–water partition coefficient (Wildman–Crippen LogP) is 6.46. The summed E-state index contributed by atoms with van der Waals surface area (Å²) in [4.78, 5) is 24.7. The quantitative estimate of drug-likeness (QED) is 0.218. The van der Waals surface area contributed by atoms with E-state index in [4.69, 9.17) is 54.1 Å². The molecule has 44 heavy (non-hydrogen) atoms. The number of aromatic carboxylic acids is 1. The molecule has 4 aromatic rings. The highest BCUT2D eigenvalue weighted by molar-refractivity contribution is 7.90. The number of halogens is 3. The lowest BCUT2D eigenvalue weighted by molar-refractivity contribution is -0.123. The first kappa shape index (κ1) is 30.1. The molecule has 2 unspecified atom stereocenters. The maximum atomic E-state index is 13.7. The molecular weight excluding hydrogens is 653 g/mol. The Morgan fingerprint density at radius 3 is 2.25 bits per heavy atom. The van der Waals surface area contributed by atoms with Crippen molar-refractivity contribution in [2.75, 3.05) is 6.79 Å². The lowest BCUT2D eigenvalue weighted by Gasteiger charge is -2.22. The smallest absolute Gasteiger partial charge is 0.335 e. The Kier molecular flexibility index (Phi) is 8.10. The molecule has 0 fully saturated rings. The first-order chi connectivity index (χ1) is 21.0. The van der Waals surface area contributed by atoms with Gasteiger partial charge in [-0.3, -0.25) is 4.79 Å². The molecule has 13 heteroatoms. The van der Waals surface area contributed by atoms with E-state index in [9.17, 15) is 18.0 Å². The van der Waals surface area contributed by atoms with Crippen LogP contribution in [0.3, 0.4) is 0 Å². The van der Waals surface area contributed by atoms with Crippen molar-refractivity contribution in [1.82, 2.24) is 4.72 Å². The van der Waals surface area contributed by atoms with Crippen LogP contribution in [0.15, 0.2) is 77.7 Å². The Bertz CT molecular complexity index is 1890. The van der Waals surface area contributed by atoms with Crippen LogP contribution in [0.25, 0.3) is 0 Å². The van der Waals surface area contributed by atoms with Crippen LogP contribution in [0.2, 0.25) is 15.1 Å². The number of hydrogen-bond donors (Lipinski definition) is 2. The van der Waals surface area contributed by atoms with Gasteiger partial charge in [-0.2, -0.15) is 0 Å².